The Labute approximate surface area is 144 Å². The molecule has 0 aliphatic rings. The highest BCUT2D eigenvalue weighted by molar-refractivity contribution is 6.23. The lowest BCUT2D eigenvalue weighted by Gasteiger charge is -2.08. The standard InChI is InChI=1S/C24H15N/c1-2-6-18-15(5-1)9-10-16-11-12-17-13-23-21(14-20(17)24(16)18)19-7-3-4-8-22(19)25-23/h1-14,25H. The Morgan fingerprint density at radius 3 is 2.08 bits per heavy atom. The SMILES string of the molecule is c1ccc2c(c1)ccc1ccc3cc4[nH]c5ccccc5c4cc3c12. The van der Waals surface area contributed by atoms with Gasteiger partial charge >= 0.3 is 0 Å². The Morgan fingerprint density at radius 2 is 1.16 bits per heavy atom. The van der Waals surface area contributed by atoms with Gasteiger partial charge in [-0.05, 0) is 50.5 Å². The zero-order valence-corrected chi connectivity index (χ0v) is 13.6. The molecule has 0 amide bonds. The van der Waals surface area contributed by atoms with Gasteiger partial charge in [-0.15, -0.1) is 0 Å². The topological polar surface area (TPSA) is 15.8 Å². The lowest BCUT2D eigenvalue weighted by atomic mass is 9.95. The van der Waals surface area contributed by atoms with Crippen LogP contribution in [0.5, 0.6) is 0 Å². The fourth-order valence-electron chi connectivity index (χ4n) is 4.18. The van der Waals surface area contributed by atoms with Crippen molar-refractivity contribution in [1.29, 1.82) is 0 Å². The first-order valence-electron chi connectivity index (χ1n) is 8.63. The first kappa shape index (κ1) is 13.0. The number of aromatic nitrogens is 1. The molecule has 5 aromatic carbocycles. The fraction of sp³-hybridized carbons (Fsp3) is 0. The second-order valence-electron chi connectivity index (χ2n) is 6.74. The van der Waals surface area contributed by atoms with Crippen molar-refractivity contribution in [2.24, 2.45) is 0 Å². The normalized spacial score (nSPS) is 12.0. The molecule has 6 rings (SSSR count). The smallest absolute Gasteiger partial charge is 0.0471 e. The van der Waals surface area contributed by atoms with E-state index in [-0.39, 0.29) is 0 Å². The monoisotopic (exact) mass is 317 g/mol. The molecule has 1 nitrogen and oxygen atoms in total. The summed E-state index contributed by atoms with van der Waals surface area (Å²) in [6, 6.07) is 30.8. The van der Waals surface area contributed by atoms with E-state index in [1.807, 2.05) is 0 Å². The van der Waals surface area contributed by atoms with E-state index in [2.05, 4.69) is 89.9 Å². The highest BCUT2D eigenvalue weighted by Gasteiger charge is 2.09. The summed E-state index contributed by atoms with van der Waals surface area (Å²) in [5.41, 5.74) is 2.40. The number of hydrogen-bond donors (Lipinski definition) is 1. The van der Waals surface area contributed by atoms with Crippen molar-refractivity contribution in [2.45, 2.75) is 0 Å². The Balaban J connectivity index is 1.91. The van der Waals surface area contributed by atoms with Gasteiger partial charge in [-0.25, -0.2) is 0 Å². The van der Waals surface area contributed by atoms with E-state index in [9.17, 15) is 0 Å². The van der Waals surface area contributed by atoms with Gasteiger partial charge in [0.15, 0.2) is 0 Å². The lowest BCUT2D eigenvalue weighted by molar-refractivity contribution is 1.55. The minimum absolute atomic E-state index is 1.20. The number of benzene rings is 5. The summed E-state index contributed by atoms with van der Waals surface area (Å²) in [5.74, 6) is 0. The van der Waals surface area contributed by atoms with Crippen molar-refractivity contribution in [3.63, 3.8) is 0 Å². The van der Waals surface area contributed by atoms with Gasteiger partial charge in [-0.3, -0.25) is 0 Å². The largest absolute Gasteiger partial charge is 0.354 e. The van der Waals surface area contributed by atoms with Crippen molar-refractivity contribution < 1.29 is 0 Å². The maximum Gasteiger partial charge on any atom is 0.0471 e. The van der Waals surface area contributed by atoms with E-state index in [0.717, 1.165) is 0 Å². The molecule has 116 valence electrons. The number of nitrogens with one attached hydrogen (secondary N) is 1. The summed E-state index contributed by atoms with van der Waals surface area (Å²) in [6.07, 6.45) is 0. The van der Waals surface area contributed by atoms with Crippen molar-refractivity contribution in [3.8, 4) is 0 Å². The van der Waals surface area contributed by atoms with Crippen molar-refractivity contribution in [2.75, 3.05) is 0 Å². The number of hydrogen-bond acceptors (Lipinski definition) is 0. The molecule has 0 spiro atoms. The van der Waals surface area contributed by atoms with Crippen LogP contribution < -0.4 is 0 Å². The Morgan fingerprint density at radius 1 is 0.440 bits per heavy atom. The van der Waals surface area contributed by atoms with Crippen molar-refractivity contribution in [1.82, 2.24) is 4.98 Å². The second kappa shape index (κ2) is 4.61. The predicted octanol–water partition coefficient (Wildman–Crippen LogP) is 6.78. The maximum absolute atomic E-state index is 3.56. The molecule has 1 N–H and O–H groups in total. The highest BCUT2D eigenvalue weighted by Crippen LogP contribution is 2.36. The molecule has 1 aromatic heterocycles. The van der Waals surface area contributed by atoms with Crippen LogP contribution in [0.4, 0.5) is 0 Å². The van der Waals surface area contributed by atoms with Crippen molar-refractivity contribution >= 4 is 54.1 Å². The molecule has 25 heavy (non-hydrogen) atoms. The van der Waals surface area contributed by atoms with Gasteiger partial charge in [-0.1, -0.05) is 66.7 Å². The van der Waals surface area contributed by atoms with E-state index in [0.29, 0.717) is 0 Å². The van der Waals surface area contributed by atoms with Gasteiger partial charge in [0.25, 0.3) is 0 Å². The van der Waals surface area contributed by atoms with E-state index in [1.165, 1.54) is 54.1 Å². The third-order valence-electron chi connectivity index (χ3n) is 5.35. The maximum atomic E-state index is 3.56. The van der Waals surface area contributed by atoms with Crippen LogP contribution in [0.1, 0.15) is 0 Å². The molecule has 6 aromatic rings. The summed E-state index contributed by atoms with van der Waals surface area (Å²) in [6.45, 7) is 0. The molecular weight excluding hydrogens is 302 g/mol. The van der Waals surface area contributed by atoms with Gasteiger partial charge in [0.2, 0.25) is 0 Å². The molecule has 1 heterocycles. The van der Waals surface area contributed by atoms with Crippen LogP contribution >= 0.6 is 0 Å². The summed E-state index contributed by atoms with van der Waals surface area (Å²) in [4.78, 5) is 3.56. The van der Waals surface area contributed by atoms with Gasteiger partial charge in [-0.2, -0.15) is 0 Å². The van der Waals surface area contributed by atoms with Crippen LogP contribution in [-0.4, -0.2) is 4.98 Å². The van der Waals surface area contributed by atoms with Crippen LogP contribution in [0.2, 0.25) is 0 Å². The van der Waals surface area contributed by atoms with E-state index in [1.54, 1.807) is 0 Å². The molecule has 1 heteroatoms. The van der Waals surface area contributed by atoms with Gasteiger partial charge in [0.05, 0.1) is 0 Å². The number of rotatable bonds is 0. The van der Waals surface area contributed by atoms with Crippen molar-refractivity contribution in [3.05, 3.63) is 84.9 Å². The molecule has 0 fully saturated rings. The fourth-order valence-corrected chi connectivity index (χ4v) is 4.18. The third kappa shape index (κ3) is 1.72. The van der Waals surface area contributed by atoms with E-state index in [4.69, 9.17) is 0 Å². The molecule has 0 bridgehead atoms. The van der Waals surface area contributed by atoms with Crippen LogP contribution in [-0.2, 0) is 0 Å². The first-order valence-corrected chi connectivity index (χ1v) is 8.63. The molecule has 0 atom stereocenters. The molecule has 0 radical (unpaired) electrons. The summed E-state index contributed by atoms with van der Waals surface area (Å²) >= 11 is 0. The zero-order chi connectivity index (χ0) is 16.4. The molecule has 0 aliphatic heterocycles. The summed E-state index contributed by atoms with van der Waals surface area (Å²) < 4.78 is 0. The Kier molecular flexibility index (Phi) is 2.40. The zero-order valence-electron chi connectivity index (χ0n) is 13.6. The minimum Gasteiger partial charge on any atom is -0.354 e. The first-order chi connectivity index (χ1) is 12.4. The minimum atomic E-state index is 1.20. The molecule has 0 saturated heterocycles. The van der Waals surface area contributed by atoms with Crippen LogP contribution in [0.15, 0.2) is 84.9 Å². The molecule has 0 aliphatic carbocycles. The van der Waals surface area contributed by atoms with Gasteiger partial charge < -0.3 is 4.98 Å². The average Bonchev–Trinajstić information content (AvgIpc) is 3.03. The number of para-hydroxylation sites is 1. The molecular formula is C24H15N. The average molecular weight is 317 g/mol. The predicted molar refractivity (Wildman–Crippen MR) is 108 cm³/mol. The van der Waals surface area contributed by atoms with E-state index < -0.39 is 0 Å². The number of fused-ring (bicyclic) bond motifs is 8. The number of H-pyrrole nitrogens is 1. The van der Waals surface area contributed by atoms with Gasteiger partial charge in [0.1, 0.15) is 0 Å². The van der Waals surface area contributed by atoms with Crippen LogP contribution in [0.25, 0.3) is 54.1 Å². The lowest BCUT2D eigenvalue weighted by Crippen LogP contribution is -1.81. The number of aromatic amines is 1. The Bertz CT molecular complexity index is 1440. The highest BCUT2D eigenvalue weighted by atomic mass is 14.7. The van der Waals surface area contributed by atoms with Gasteiger partial charge in [0, 0.05) is 21.8 Å². The summed E-state index contributed by atoms with van der Waals surface area (Å²) in [7, 11) is 0. The van der Waals surface area contributed by atoms with Crippen LogP contribution in [0.3, 0.4) is 0 Å². The molecule has 0 unspecified atom stereocenters. The molecule has 0 saturated carbocycles. The quantitative estimate of drug-likeness (QED) is 0.297. The third-order valence-corrected chi connectivity index (χ3v) is 5.35. The van der Waals surface area contributed by atoms with E-state index >= 15 is 0 Å². The second-order valence-corrected chi connectivity index (χ2v) is 6.74. The van der Waals surface area contributed by atoms with Crippen LogP contribution in [0, 0.1) is 0 Å². The Hall–Kier alpha value is -3.32. The summed E-state index contributed by atoms with van der Waals surface area (Å²) in [5, 5.41) is 10.5.